The van der Waals surface area contributed by atoms with E-state index in [9.17, 15) is 0 Å². The van der Waals surface area contributed by atoms with Crippen LogP contribution in [0.5, 0.6) is 0 Å². The van der Waals surface area contributed by atoms with Crippen LogP contribution in [0, 0.1) is 6.92 Å². The minimum atomic E-state index is 0.382. The van der Waals surface area contributed by atoms with E-state index in [-0.39, 0.29) is 0 Å². The number of aryl methyl sites for hydroxylation is 2. The first-order valence-corrected chi connectivity index (χ1v) is 7.55. The van der Waals surface area contributed by atoms with Crippen molar-refractivity contribution in [1.82, 2.24) is 15.1 Å². The van der Waals surface area contributed by atoms with E-state index in [1.54, 1.807) is 0 Å². The summed E-state index contributed by atoms with van der Waals surface area (Å²) in [7, 11) is 0. The van der Waals surface area contributed by atoms with Crippen molar-refractivity contribution < 1.29 is 4.74 Å². The van der Waals surface area contributed by atoms with Crippen LogP contribution in [-0.4, -0.2) is 35.6 Å². The highest BCUT2D eigenvalue weighted by atomic mass is 16.5. The summed E-state index contributed by atoms with van der Waals surface area (Å²) in [5, 5.41) is 8.08. The van der Waals surface area contributed by atoms with Crippen LogP contribution >= 0.6 is 0 Å². The summed E-state index contributed by atoms with van der Waals surface area (Å²) in [6.45, 7) is 12.1. The molecule has 0 amide bonds. The van der Waals surface area contributed by atoms with Gasteiger partial charge >= 0.3 is 0 Å². The zero-order valence-corrected chi connectivity index (χ0v) is 12.9. The number of hydrogen-bond acceptors (Lipinski definition) is 3. The van der Waals surface area contributed by atoms with Crippen molar-refractivity contribution in [3.8, 4) is 0 Å². The minimum absolute atomic E-state index is 0.382. The molecule has 1 atom stereocenters. The van der Waals surface area contributed by atoms with Gasteiger partial charge in [0.15, 0.2) is 0 Å². The Morgan fingerprint density at radius 2 is 2.11 bits per heavy atom. The molecule has 19 heavy (non-hydrogen) atoms. The fourth-order valence-corrected chi connectivity index (χ4v) is 2.20. The molecule has 4 heteroatoms. The van der Waals surface area contributed by atoms with Crippen molar-refractivity contribution in [2.45, 2.75) is 59.5 Å². The third kappa shape index (κ3) is 5.74. The summed E-state index contributed by atoms with van der Waals surface area (Å²) < 4.78 is 7.80. The molecule has 0 spiro atoms. The molecule has 1 aromatic rings. The van der Waals surface area contributed by atoms with Gasteiger partial charge in [-0.15, -0.1) is 0 Å². The van der Waals surface area contributed by atoms with E-state index in [0.29, 0.717) is 6.04 Å². The maximum atomic E-state index is 5.70. The maximum absolute atomic E-state index is 5.70. The topological polar surface area (TPSA) is 39.1 Å². The Bertz CT molecular complexity index is 349. The van der Waals surface area contributed by atoms with E-state index in [2.05, 4.69) is 48.9 Å². The first kappa shape index (κ1) is 16.2. The zero-order chi connectivity index (χ0) is 14.1. The molecular weight excluding hydrogens is 238 g/mol. The molecule has 1 heterocycles. The van der Waals surface area contributed by atoms with Gasteiger partial charge in [-0.1, -0.05) is 13.8 Å². The largest absolute Gasteiger partial charge is 0.380 e. The highest BCUT2D eigenvalue weighted by molar-refractivity contribution is 5.10. The molecule has 1 unspecified atom stereocenters. The summed E-state index contributed by atoms with van der Waals surface area (Å²) in [5.41, 5.74) is 2.40. The Balaban J connectivity index is 2.58. The fraction of sp³-hybridized carbons (Fsp3) is 0.800. The van der Waals surface area contributed by atoms with Gasteiger partial charge in [-0.3, -0.25) is 4.68 Å². The molecule has 0 fully saturated rings. The molecule has 0 saturated carbocycles. The second-order valence-electron chi connectivity index (χ2n) is 5.02. The van der Waals surface area contributed by atoms with Gasteiger partial charge in [-0.05, 0) is 39.3 Å². The molecule has 0 aromatic carbocycles. The minimum Gasteiger partial charge on any atom is -0.380 e. The van der Waals surface area contributed by atoms with Gasteiger partial charge in [-0.2, -0.15) is 5.10 Å². The number of aromatic nitrogens is 2. The summed E-state index contributed by atoms with van der Waals surface area (Å²) in [5.74, 6) is 0. The van der Waals surface area contributed by atoms with Crippen molar-refractivity contribution in [1.29, 1.82) is 0 Å². The number of rotatable bonds is 10. The molecule has 0 bridgehead atoms. The number of nitrogens with zero attached hydrogens (tertiary/aromatic N) is 2. The van der Waals surface area contributed by atoms with E-state index in [4.69, 9.17) is 4.74 Å². The number of hydrogen-bond donors (Lipinski definition) is 1. The second kappa shape index (κ2) is 9.10. The summed E-state index contributed by atoms with van der Waals surface area (Å²) in [4.78, 5) is 0. The molecule has 110 valence electrons. The Labute approximate surface area is 117 Å². The predicted octanol–water partition coefficient (Wildman–Crippen LogP) is 2.55. The third-order valence-corrected chi connectivity index (χ3v) is 3.09. The van der Waals surface area contributed by atoms with E-state index in [0.717, 1.165) is 51.3 Å². The zero-order valence-electron chi connectivity index (χ0n) is 12.9. The van der Waals surface area contributed by atoms with Crippen LogP contribution in [0.3, 0.4) is 0 Å². The molecule has 4 nitrogen and oxygen atoms in total. The van der Waals surface area contributed by atoms with Gasteiger partial charge in [-0.25, -0.2) is 0 Å². The first-order chi connectivity index (χ1) is 9.21. The molecule has 1 aromatic heterocycles. The molecule has 0 saturated heterocycles. The molecule has 0 radical (unpaired) electrons. The van der Waals surface area contributed by atoms with E-state index in [1.165, 1.54) is 5.69 Å². The number of nitrogens with one attached hydrogen (secondary N) is 1. The van der Waals surface area contributed by atoms with Crippen LogP contribution in [0.15, 0.2) is 6.07 Å². The Morgan fingerprint density at radius 3 is 2.74 bits per heavy atom. The van der Waals surface area contributed by atoms with Crippen molar-refractivity contribution in [2.75, 3.05) is 19.8 Å². The van der Waals surface area contributed by atoms with Crippen LogP contribution in [0.2, 0.25) is 0 Å². The third-order valence-electron chi connectivity index (χ3n) is 3.09. The quantitative estimate of drug-likeness (QED) is 0.662. The van der Waals surface area contributed by atoms with Gasteiger partial charge in [0, 0.05) is 31.3 Å². The molecule has 1 rings (SSSR count). The second-order valence-corrected chi connectivity index (χ2v) is 5.02. The SMILES string of the molecule is CCCNC(COCCC)Cc1cc(C)nn1CC. The van der Waals surface area contributed by atoms with Gasteiger partial charge < -0.3 is 10.1 Å². The standard InChI is InChI=1S/C15H29N3O/c1-5-8-16-14(12-19-9-6-2)11-15-10-13(4)17-18(15)7-3/h10,14,16H,5-9,11-12H2,1-4H3. The molecule has 0 aliphatic rings. The van der Waals surface area contributed by atoms with Crippen molar-refractivity contribution >= 4 is 0 Å². The lowest BCUT2D eigenvalue weighted by molar-refractivity contribution is 0.111. The first-order valence-electron chi connectivity index (χ1n) is 7.55. The average Bonchev–Trinajstić information content (AvgIpc) is 2.76. The van der Waals surface area contributed by atoms with Gasteiger partial charge in [0.05, 0.1) is 12.3 Å². The molecule has 0 aliphatic heterocycles. The van der Waals surface area contributed by atoms with E-state index >= 15 is 0 Å². The van der Waals surface area contributed by atoms with Crippen LogP contribution in [0.1, 0.15) is 45.0 Å². The van der Waals surface area contributed by atoms with Crippen molar-refractivity contribution in [3.05, 3.63) is 17.5 Å². The highest BCUT2D eigenvalue weighted by Crippen LogP contribution is 2.08. The van der Waals surface area contributed by atoms with Crippen LogP contribution < -0.4 is 5.32 Å². The van der Waals surface area contributed by atoms with Gasteiger partial charge in [0.1, 0.15) is 0 Å². The predicted molar refractivity (Wildman–Crippen MR) is 79.5 cm³/mol. The summed E-state index contributed by atoms with van der Waals surface area (Å²) in [6.07, 6.45) is 3.21. The Morgan fingerprint density at radius 1 is 1.32 bits per heavy atom. The average molecular weight is 267 g/mol. The van der Waals surface area contributed by atoms with Crippen LogP contribution in [0.25, 0.3) is 0 Å². The molecular formula is C15H29N3O. The van der Waals surface area contributed by atoms with Crippen molar-refractivity contribution in [3.63, 3.8) is 0 Å². The molecule has 1 N–H and O–H groups in total. The molecule has 0 aliphatic carbocycles. The lowest BCUT2D eigenvalue weighted by atomic mass is 10.1. The maximum Gasteiger partial charge on any atom is 0.0623 e. The normalized spacial score (nSPS) is 12.8. The van der Waals surface area contributed by atoms with Crippen molar-refractivity contribution in [2.24, 2.45) is 0 Å². The smallest absolute Gasteiger partial charge is 0.0623 e. The van der Waals surface area contributed by atoms with Crippen LogP contribution in [0.4, 0.5) is 0 Å². The monoisotopic (exact) mass is 267 g/mol. The van der Waals surface area contributed by atoms with Gasteiger partial charge in [0.25, 0.3) is 0 Å². The van der Waals surface area contributed by atoms with E-state index < -0.39 is 0 Å². The van der Waals surface area contributed by atoms with Gasteiger partial charge in [0.2, 0.25) is 0 Å². The number of ether oxygens (including phenoxy) is 1. The lowest BCUT2D eigenvalue weighted by Crippen LogP contribution is -2.36. The van der Waals surface area contributed by atoms with E-state index in [1.807, 2.05) is 0 Å². The lowest BCUT2D eigenvalue weighted by Gasteiger charge is -2.19. The fourth-order valence-electron chi connectivity index (χ4n) is 2.20. The Kier molecular flexibility index (Phi) is 7.75. The Hall–Kier alpha value is -0.870. The highest BCUT2D eigenvalue weighted by Gasteiger charge is 2.13. The summed E-state index contributed by atoms with van der Waals surface area (Å²) >= 11 is 0. The van der Waals surface area contributed by atoms with Crippen LogP contribution in [-0.2, 0) is 17.7 Å². The summed E-state index contributed by atoms with van der Waals surface area (Å²) in [6, 6.07) is 2.57.